The number of rotatable bonds is 5. The van der Waals surface area contributed by atoms with E-state index >= 15 is 0 Å². The highest BCUT2D eigenvalue weighted by Crippen LogP contribution is 2.53. The summed E-state index contributed by atoms with van der Waals surface area (Å²) in [7, 11) is 0. The van der Waals surface area contributed by atoms with Crippen molar-refractivity contribution in [1.29, 1.82) is 0 Å². The second-order valence-corrected chi connectivity index (χ2v) is 11.8. The van der Waals surface area contributed by atoms with Gasteiger partial charge in [-0.15, -0.1) is 0 Å². The average molecular weight is 566 g/mol. The summed E-state index contributed by atoms with van der Waals surface area (Å²) in [4.78, 5) is 71.8. The van der Waals surface area contributed by atoms with Crippen molar-refractivity contribution < 1.29 is 19.3 Å². The van der Waals surface area contributed by atoms with Gasteiger partial charge in [0, 0.05) is 48.4 Å². The van der Waals surface area contributed by atoms with Crippen LogP contribution in [0.3, 0.4) is 0 Å². The fraction of sp³-hybridized carbons (Fsp3) is 0.346. The van der Waals surface area contributed by atoms with Gasteiger partial charge in [-0.1, -0.05) is 29.2 Å². The Morgan fingerprint density at radius 3 is 2.46 bits per heavy atom. The number of hydrogen-bond acceptors (Lipinski definition) is 9. The van der Waals surface area contributed by atoms with E-state index in [9.17, 15) is 29.3 Å². The molecule has 0 spiro atoms. The Hall–Kier alpha value is -3.84. The first-order valence-electron chi connectivity index (χ1n) is 12.6. The summed E-state index contributed by atoms with van der Waals surface area (Å²) in [5, 5.41) is 10.8. The highest BCUT2D eigenvalue weighted by molar-refractivity contribution is 8.00. The van der Waals surface area contributed by atoms with E-state index in [0.717, 1.165) is 47.3 Å². The Morgan fingerprint density at radius 1 is 1.05 bits per heavy atom. The normalized spacial score (nSPS) is 22.5. The standard InChI is InChI=1S/C26H23N5O6S2/c32-18(28-11-2-1-3-12-28)14-29-25-22(39-26(29)35)19(15-5-4-10-27-13-15)20-21(38-25)24(34)30(23(20)33)16-6-8-17(9-7-16)31(36)37/h4-10,13,19-21H,1-3,11-12,14H2/t19-,20+,21-/m0/s1. The van der Waals surface area contributed by atoms with Crippen LogP contribution in [0.25, 0.3) is 0 Å². The first kappa shape index (κ1) is 25.4. The molecule has 0 bridgehead atoms. The van der Waals surface area contributed by atoms with Crippen molar-refractivity contribution >= 4 is 52.2 Å². The van der Waals surface area contributed by atoms with Gasteiger partial charge in [0.1, 0.15) is 11.8 Å². The molecular formula is C26H23N5O6S2. The van der Waals surface area contributed by atoms with E-state index in [4.69, 9.17) is 0 Å². The van der Waals surface area contributed by atoms with Crippen LogP contribution in [0.4, 0.5) is 11.4 Å². The smallest absolute Gasteiger partial charge is 0.308 e. The number of amides is 3. The molecule has 6 rings (SSSR count). The predicted octanol–water partition coefficient (Wildman–Crippen LogP) is 3.02. The number of hydrogen-bond donors (Lipinski definition) is 0. The third-order valence-electron chi connectivity index (χ3n) is 7.41. The number of fused-ring (bicyclic) bond motifs is 2. The zero-order valence-electron chi connectivity index (χ0n) is 20.6. The minimum Gasteiger partial charge on any atom is -0.341 e. The van der Waals surface area contributed by atoms with Crippen LogP contribution in [0.15, 0.2) is 58.6 Å². The van der Waals surface area contributed by atoms with E-state index in [0.29, 0.717) is 28.6 Å². The predicted molar refractivity (Wildman–Crippen MR) is 144 cm³/mol. The van der Waals surface area contributed by atoms with E-state index < -0.39 is 33.8 Å². The van der Waals surface area contributed by atoms with Crippen LogP contribution >= 0.6 is 23.1 Å². The van der Waals surface area contributed by atoms with Gasteiger partial charge in [0.05, 0.1) is 21.6 Å². The Labute approximate surface area is 230 Å². The second-order valence-electron chi connectivity index (χ2n) is 9.68. The van der Waals surface area contributed by atoms with E-state index in [1.165, 1.54) is 28.8 Å². The quantitative estimate of drug-likeness (QED) is 0.262. The summed E-state index contributed by atoms with van der Waals surface area (Å²) in [5.41, 5.74) is 0.788. The number of thiazole rings is 1. The summed E-state index contributed by atoms with van der Waals surface area (Å²) in [6.45, 7) is 1.20. The number of imide groups is 1. The number of piperidine rings is 1. The Morgan fingerprint density at radius 2 is 1.79 bits per heavy atom. The molecule has 11 nitrogen and oxygen atoms in total. The van der Waals surface area contributed by atoms with Gasteiger partial charge in [-0.3, -0.25) is 38.8 Å². The number of nitro benzene ring substituents is 1. The summed E-state index contributed by atoms with van der Waals surface area (Å²) >= 11 is 2.14. The molecule has 39 heavy (non-hydrogen) atoms. The maximum Gasteiger partial charge on any atom is 0.308 e. The minimum atomic E-state index is -0.837. The Kier molecular flexibility index (Phi) is 6.55. The number of nitro groups is 1. The molecule has 1 aromatic carbocycles. The van der Waals surface area contributed by atoms with Crippen molar-refractivity contribution in [1.82, 2.24) is 14.5 Å². The van der Waals surface area contributed by atoms with Crippen LogP contribution in [0.2, 0.25) is 0 Å². The Bertz CT molecular complexity index is 1530. The van der Waals surface area contributed by atoms with Crippen molar-refractivity contribution in [2.75, 3.05) is 18.0 Å². The number of carbonyl (C=O) groups excluding carboxylic acids is 3. The molecule has 3 aliphatic heterocycles. The monoisotopic (exact) mass is 565 g/mol. The summed E-state index contributed by atoms with van der Waals surface area (Å²) < 4.78 is 1.44. The van der Waals surface area contributed by atoms with Gasteiger partial charge in [-0.2, -0.15) is 0 Å². The first-order valence-corrected chi connectivity index (χ1v) is 14.2. The number of likely N-dealkylation sites (tertiary alicyclic amines) is 1. The molecule has 2 saturated heterocycles. The second kappa shape index (κ2) is 10.0. The van der Waals surface area contributed by atoms with E-state index in [1.807, 2.05) is 6.07 Å². The molecule has 13 heteroatoms. The molecule has 0 N–H and O–H groups in total. The van der Waals surface area contributed by atoms with Gasteiger partial charge in [0.15, 0.2) is 0 Å². The molecule has 3 aliphatic rings. The number of non-ortho nitro benzene ring substituents is 1. The third kappa shape index (κ3) is 4.35. The van der Waals surface area contributed by atoms with Gasteiger partial charge in [-0.25, -0.2) is 4.90 Å². The van der Waals surface area contributed by atoms with Crippen LogP contribution in [-0.2, 0) is 20.9 Å². The molecule has 3 atom stereocenters. The molecule has 0 aliphatic carbocycles. The minimum absolute atomic E-state index is 0.122. The van der Waals surface area contributed by atoms with Gasteiger partial charge in [-0.05, 0) is 43.0 Å². The van der Waals surface area contributed by atoms with Gasteiger partial charge >= 0.3 is 4.87 Å². The Balaban J connectivity index is 1.40. The molecular weight excluding hydrogens is 542 g/mol. The third-order valence-corrected chi connectivity index (χ3v) is 10.0. The number of thioether (sulfide) groups is 1. The van der Waals surface area contributed by atoms with Gasteiger partial charge < -0.3 is 4.90 Å². The molecule has 200 valence electrons. The molecule has 5 heterocycles. The van der Waals surface area contributed by atoms with Crippen molar-refractivity contribution in [3.05, 3.63) is 79.0 Å². The zero-order chi connectivity index (χ0) is 27.3. The lowest BCUT2D eigenvalue weighted by Crippen LogP contribution is -2.39. The molecule has 3 amide bonds. The molecule has 2 fully saturated rings. The number of anilines is 1. The number of carbonyl (C=O) groups is 3. The molecule has 0 saturated carbocycles. The fourth-order valence-corrected chi connectivity index (χ4v) is 8.30. The fourth-order valence-electron chi connectivity index (χ4n) is 5.53. The summed E-state index contributed by atoms with van der Waals surface area (Å²) in [6.07, 6.45) is 6.17. The largest absolute Gasteiger partial charge is 0.341 e. The lowest BCUT2D eigenvalue weighted by Gasteiger charge is -2.31. The number of nitrogens with zero attached hydrogens (tertiary/aromatic N) is 5. The number of benzene rings is 1. The lowest BCUT2D eigenvalue weighted by molar-refractivity contribution is -0.384. The van der Waals surface area contributed by atoms with Crippen molar-refractivity contribution in [2.24, 2.45) is 5.92 Å². The topological polar surface area (TPSA) is 136 Å². The van der Waals surface area contributed by atoms with Gasteiger partial charge in [0.2, 0.25) is 17.7 Å². The van der Waals surface area contributed by atoms with Crippen LogP contribution in [-0.4, -0.2) is 55.4 Å². The van der Waals surface area contributed by atoms with Crippen LogP contribution < -0.4 is 9.77 Å². The highest BCUT2D eigenvalue weighted by atomic mass is 32.2. The average Bonchev–Trinajstić information content (AvgIpc) is 3.40. The zero-order valence-corrected chi connectivity index (χ0v) is 22.2. The maximum atomic E-state index is 13.8. The van der Waals surface area contributed by atoms with Crippen LogP contribution in [0.5, 0.6) is 0 Å². The summed E-state index contributed by atoms with van der Waals surface area (Å²) in [5.74, 6) is -2.46. The molecule has 2 aromatic heterocycles. The maximum absolute atomic E-state index is 13.8. The molecule has 0 radical (unpaired) electrons. The van der Waals surface area contributed by atoms with E-state index in [2.05, 4.69) is 4.98 Å². The van der Waals surface area contributed by atoms with Crippen LogP contribution in [0.1, 0.15) is 35.6 Å². The number of pyridine rings is 1. The van der Waals surface area contributed by atoms with Crippen molar-refractivity contribution in [2.45, 2.75) is 42.0 Å². The van der Waals surface area contributed by atoms with Crippen molar-refractivity contribution in [3.63, 3.8) is 0 Å². The van der Waals surface area contributed by atoms with Crippen molar-refractivity contribution in [3.8, 4) is 0 Å². The molecule has 0 unspecified atom stereocenters. The SMILES string of the molecule is O=C(Cn1c2c(sc1=O)[C@@H](c1cccnc1)[C@H]1C(=O)N(c3ccc([N+](=O)[O-])cc3)C(=O)[C@H]1S2)N1CCCCC1. The van der Waals surface area contributed by atoms with Crippen LogP contribution in [0, 0.1) is 16.0 Å². The van der Waals surface area contributed by atoms with Gasteiger partial charge in [0.25, 0.3) is 5.69 Å². The summed E-state index contributed by atoms with van der Waals surface area (Å²) in [6, 6.07) is 8.83. The highest BCUT2D eigenvalue weighted by Gasteiger charge is 2.57. The molecule has 3 aromatic rings. The number of aromatic nitrogens is 2. The van der Waals surface area contributed by atoms with E-state index in [-0.39, 0.29) is 28.7 Å². The first-order chi connectivity index (χ1) is 18.8. The lowest BCUT2D eigenvalue weighted by atomic mass is 9.84. The van der Waals surface area contributed by atoms with E-state index in [1.54, 1.807) is 23.4 Å².